The number of carbonyl (C=O) groups excluding carboxylic acids is 3. The van der Waals surface area contributed by atoms with E-state index in [1.54, 1.807) is 36.2 Å². The van der Waals surface area contributed by atoms with Crippen LogP contribution in [0.25, 0.3) is 0 Å². The molecule has 1 atom stereocenters. The van der Waals surface area contributed by atoms with Crippen molar-refractivity contribution in [2.24, 2.45) is 0 Å². The minimum absolute atomic E-state index is 0.140. The van der Waals surface area contributed by atoms with E-state index in [1.807, 2.05) is 11.4 Å². The zero-order valence-electron chi connectivity index (χ0n) is 15.9. The lowest BCUT2D eigenvalue weighted by atomic mass is 10.0. The highest BCUT2D eigenvalue weighted by Gasteiger charge is 2.35. The SMILES string of the molecule is CN(CC(=O)Nc1c(Cl)cccc1Cl)C(=O)[C@@H]1CCCCN1C(=O)c1cccs1. The maximum Gasteiger partial charge on any atom is 0.264 e. The molecule has 9 heteroatoms. The standard InChI is InChI=1S/C20H21Cl2N3O3S/c1-24(12-17(26)23-18-13(21)6-4-7-14(18)22)19(27)15-8-2-3-10-25(15)20(28)16-9-5-11-29-16/h4-7,9,11,15H,2-3,8,10,12H2,1H3,(H,23,26)/t15-/m0/s1. The molecule has 1 saturated heterocycles. The molecule has 2 heterocycles. The number of amides is 3. The van der Waals surface area contributed by atoms with E-state index >= 15 is 0 Å². The number of carbonyl (C=O) groups is 3. The van der Waals surface area contributed by atoms with Gasteiger partial charge in [-0.1, -0.05) is 35.3 Å². The molecular weight excluding hydrogens is 433 g/mol. The van der Waals surface area contributed by atoms with Crippen LogP contribution in [0.1, 0.15) is 28.9 Å². The van der Waals surface area contributed by atoms with Gasteiger partial charge in [-0.25, -0.2) is 0 Å². The Morgan fingerprint density at radius 2 is 1.90 bits per heavy atom. The lowest BCUT2D eigenvalue weighted by Crippen LogP contribution is -2.53. The van der Waals surface area contributed by atoms with Gasteiger partial charge in [-0.05, 0) is 42.8 Å². The Morgan fingerprint density at radius 3 is 2.55 bits per heavy atom. The average Bonchev–Trinajstić information content (AvgIpc) is 3.24. The molecule has 1 aromatic carbocycles. The molecule has 0 spiro atoms. The van der Waals surface area contributed by atoms with Crippen molar-refractivity contribution >= 4 is 57.9 Å². The topological polar surface area (TPSA) is 69.7 Å². The molecule has 6 nitrogen and oxygen atoms in total. The number of nitrogens with one attached hydrogen (secondary N) is 1. The second kappa shape index (κ2) is 9.61. The van der Waals surface area contributed by atoms with Crippen molar-refractivity contribution < 1.29 is 14.4 Å². The van der Waals surface area contributed by atoms with E-state index in [2.05, 4.69) is 5.32 Å². The van der Waals surface area contributed by atoms with Gasteiger partial charge in [-0.2, -0.15) is 0 Å². The van der Waals surface area contributed by atoms with Gasteiger partial charge in [-0.15, -0.1) is 11.3 Å². The number of para-hydroxylation sites is 1. The van der Waals surface area contributed by atoms with Crippen molar-refractivity contribution in [2.75, 3.05) is 25.5 Å². The van der Waals surface area contributed by atoms with E-state index < -0.39 is 11.9 Å². The minimum Gasteiger partial charge on any atom is -0.335 e. The molecule has 1 fully saturated rings. The summed E-state index contributed by atoms with van der Waals surface area (Å²) >= 11 is 13.5. The molecule has 0 radical (unpaired) electrons. The first-order valence-electron chi connectivity index (χ1n) is 9.22. The van der Waals surface area contributed by atoms with Gasteiger partial charge in [0.25, 0.3) is 5.91 Å². The van der Waals surface area contributed by atoms with Crippen LogP contribution in [0.15, 0.2) is 35.7 Å². The third-order valence-corrected chi connectivity index (χ3v) is 6.25. The number of halogens is 2. The fourth-order valence-corrected chi connectivity index (χ4v) is 4.49. The summed E-state index contributed by atoms with van der Waals surface area (Å²) in [6.07, 6.45) is 2.30. The van der Waals surface area contributed by atoms with Crippen LogP contribution in [0, 0.1) is 0 Å². The quantitative estimate of drug-likeness (QED) is 0.738. The van der Waals surface area contributed by atoms with Crippen molar-refractivity contribution in [3.8, 4) is 0 Å². The van der Waals surface area contributed by atoms with Crippen LogP contribution in [0.2, 0.25) is 10.0 Å². The van der Waals surface area contributed by atoms with E-state index in [1.165, 1.54) is 16.2 Å². The smallest absolute Gasteiger partial charge is 0.264 e. The van der Waals surface area contributed by atoms with Crippen LogP contribution in [0.3, 0.4) is 0 Å². The zero-order valence-corrected chi connectivity index (χ0v) is 18.2. The van der Waals surface area contributed by atoms with E-state index in [0.29, 0.717) is 33.6 Å². The van der Waals surface area contributed by atoms with Crippen molar-refractivity contribution in [3.63, 3.8) is 0 Å². The first-order chi connectivity index (χ1) is 13.9. The van der Waals surface area contributed by atoms with Gasteiger partial charge in [0.1, 0.15) is 6.04 Å². The summed E-state index contributed by atoms with van der Waals surface area (Å²) in [7, 11) is 1.55. The molecule has 1 aliphatic rings. The molecular formula is C20H21Cl2N3O3S. The number of thiophene rings is 1. The summed E-state index contributed by atoms with van der Waals surface area (Å²) in [5, 5.41) is 5.12. The Bertz CT molecular complexity index is 884. The predicted molar refractivity (Wildman–Crippen MR) is 116 cm³/mol. The third-order valence-electron chi connectivity index (χ3n) is 4.76. The van der Waals surface area contributed by atoms with Gasteiger partial charge in [0, 0.05) is 13.6 Å². The Labute approximate surface area is 183 Å². The van der Waals surface area contributed by atoms with Gasteiger partial charge in [0.2, 0.25) is 11.8 Å². The number of hydrogen-bond donors (Lipinski definition) is 1. The van der Waals surface area contributed by atoms with E-state index in [4.69, 9.17) is 23.2 Å². The maximum absolute atomic E-state index is 13.0. The summed E-state index contributed by atoms with van der Waals surface area (Å²) in [6, 6.07) is 7.92. The Hall–Kier alpha value is -2.09. The first kappa shape index (κ1) is 21.6. The molecule has 3 amide bonds. The second-order valence-corrected chi connectivity index (χ2v) is 8.59. The minimum atomic E-state index is -0.569. The molecule has 1 aromatic heterocycles. The van der Waals surface area contributed by atoms with Crippen LogP contribution in [-0.4, -0.2) is 53.7 Å². The maximum atomic E-state index is 13.0. The molecule has 0 saturated carbocycles. The van der Waals surface area contributed by atoms with E-state index in [9.17, 15) is 14.4 Å². The highest BCUT2D eigenvalue weighted by atomic mass is 35.5. The summed E-state index contributed by atoms with van der Waals surface area (Å²) in [5.74, 6) is -0.809. The fourth-order valence-electron chi connectivity index (χ4n) is 3.32. The van der Waals surface area contributed by atoms with Gasteiger partial charge >= 0.3 is 0 Å². The lowest BCUT2D eigenvalue weighted by Gasteiger charge is -2.36. The largest absolute Gasteiger partial charge is 0.335 e. The van der Waals surface area contributed by atoms with Crippen LogP contribution < -0.4 is 5.32 Å². The van der Waals surface area contributed by atoms with Gasteiger partial charge in [0.05, 0.1) is 27.2 Å². The second-order valence-electron chi connectivity index (χ2n) is 6.83. The normalized spacial score (nSPS) is 16.4. The third kappa shape index (κ3) is 5.10. The Morgan fingerprint density at radius 1 is 1.17 bits per heavy atom. The molecule has 0 unspecified atom stereocenters. The van der Waals surface area contributed by atoms with Crippen molar-refractivity contribution in [2.45, 2.75) is 25.3 Å². The summed E-state index contributed by atoms with van der Waals surface area (Å²) in [4.78, 5) is 41.8. The number of anilines is 1. The van der Waals surface area contributed by atoms with Crippen LogP contribution in [0.4, 0.5) is 5.69 Å². The van der Waals surface area contributed by atoms with Crippen molar-refractivity contribution in [1.82, 2.24) is 9.80 Å². The molecule has 1 N–H and O–H groups in total. The van der Waals surface area contributed by atoms with Gasteiger partial charge in [0.15, 0.2) is 0 Å². The van der Waals surface area contributed by atoms with E-state index in [-0.39, 0.29) is 18.4 Å². The number of benzene rings is 1. The number of likely N-dealkylation sites (tertiary alicyclic amines) is 1. The number of likely N-dealkylation sites (N-methyl/N-ethyl adjacent to an activating group) is 1. The fraction of sp³-hybridized carbons (Fsp3) is 0.350. The van der Waals surface area contributed by atoms with Crippen LogP contribution >= 0.6 is 34.5 Å². The van der Waals surface area contributed by atoms with Crippen molar-refractivity contribution in [1.29, 1.82) is 0 Å². The molecule has 1 aliphatic heterocycles. The number of hydrogen-bond acceptors (Lipinski definition) is 4. The zero-order chi connectivity index (χ0) is 21.0. The monoisotopic (exact) mass is 453 g/mol. The van der Waals surface area contributed by atoms with Gasteiger partial charge in [-0.3, -0.25) is 14.4 Å². The highest BCUT2D eigenvalue weighted by Crippen LogP contribution is 2.29. The van der Waals surface area contributed by atoms with Crippen molar-refractivity contribution in [3.05, 3.63) is 50.6 Å². The number of nitrogens with zero attached hydrogens (tertiary/aromatic N) is 2. The Kier molecular flexibility index (Phi) is 7.16. The Balaban J connectivity index is 1.66. The molecule has 154 valence electrons. The number of piperidine rings is 1. The summed E-state index contributed by atoms with van der Waals surface area (Å²) in [5.41, 5.74) is 0.314. The van der Waals surface area contributed by atoms with Crippen LogP contribution in [-0.2, 0) is 9.59 Å². The van der Waals surface area contributed by atoms with Crippen LogP contribution in [0.5, 0.6) is 0 Å². The summed E-state index contributed by atoms with van der Waals surface area (Å²) < 4.78 is 0. The molecule has 0 bridgehead atoms. The van der Waals surface area contributed by atoms with E-state index in [0.717, 1.165) is 12.8 Å². The molecule has 3 rings (SSSR count). The number of rotatable bonds is 5. The first-order valence-corrected chi connectivity index (χ1v) is 10.9. The summed E-state index contributed by atoms with van der Waals surface area (Å²) in [6.45, 7) is 0.361. The molecule has 2 aromatic rings. The highest BCUT2D eigenvalue weighted by molar-refractivity contribution is 7.12. The lowest BCUT2D eigenvalue weighted by molar-refractivity contribution is -0.138. The van der Waals surface area contributed by atoms with Gasteiger partial charge < -0.3 is 15.1 Å². The molecule has 29 heavy (non-hydrogen) atoms. The molecule has 0 aliphatic carbocycles. The predicted octanol–water partition coefficient (Wildman–Crippen LogP) is 4.15. The average molecular weight is 454 g/mol.